The number of amides is 1. The van der Waals surface area contributed by atoms with Crippen molar-refractivity contribution in [2.75, 3.05) is 7.11 Å². The van der Waals surface area contributed by atoms with Gasteiger partial charge in [-0.15, -0.1) is 0 Å². The summed E-state index contributed by atoms with van der Waals surface area (Å²) in [6, 6.07) is 10.2. The zero-order valence-corrected chi connectivity index (χ0v) is 22.6. The van der Waals surface area contributed by atoms with Gasteiger partial charge in [-0.25, -0.2) is 0 Å². The second-order valence-electron chi connectivity index (χ2n) is 12.7. The van der Waals surface area contributed by atoms with Crippen LogP contribution in [0.4, 0.5) is 0 Å². The summed E-state index contributed by atoms with van der Waals surface area (Å²) >= 11 is 0. The monoisotopic (exact) mass is 491 g/mol. The maximum absolute atomic E-state index is 13.8. The highest BCUT2D eigenvalue weighted by Gasteiger charge is 2.58. The molecule has 0 saturated heterocycles. The van der Waals surface area contributed by atoms with Crippen LogP contribution in [-0.2, 0) is 20.7 Å². The van der Waals surface area contributed by atoms with Crippen LogP contribution in [0.2, 0.25) is 0 Å². The predicted molar refractivity (Wildman–Crippen MR) is 143 cm³/mol. The first-order valence-electron chi connectivity index (χ1n) is 14.5. The molecule has 0 bridgehead atoms. The number of esters is 1. The minimum absolute atomic E-state index is 0.0250. The molecule has 1 amide bonds. The van der Waals surface area contributed by atoms with E-state index in [0.29, 0.717) is 24.2 Å². The summed E-state index contributed by atoms with van der Waals surface area (Å²) in [5.41, 5.74) is 2.68. The number of carbonyl (C=O) groups excluding carboxylic acids is 2. The second-order valence-corrected chi connectivity index (χ2v) is 12.7. The predicted octanol–water partition coefficient (Wildman–Crippen LogP) is 6.64. The molecule has 1 N–H and O–H groups in total. The highest BCUT2D eigenvalue weighted by molar-refractivity contribution is 5.95. The van der Waals surface area contributed by atoms with Crippen molar-refractivity contribution in [1.82, 2.24) is 5.32 Å². The fraction of sp³-hybridized carbons (Fsp3) is 0.688. The maximum atomic E-state index is 13.8. The summed E-state index contributed by atoms with van der Waals surface area (Å²) in [5, 5.41) is 3.35. The quantitative estimate of drug-likeness (QED) is 0.435. The third-order valence-corrected chi connectivity index (χ3v) is 11.0. The van der Waals surface area contributed by atoms with Gasteiger partial charge in [0.25, 0.3) is 0 Å². The molecule has 0 aliphatic heterocycles. The van der Waals surface area contributed by atoms with Crippen molar-refractivity contribution in [2.45, 2.75) is 96.9 Å². The van der Waals surface area contributed by atoms with Crippen molar-refractivity contribution < 1.29 is 14.3 Å². The third kappa shape index (κ3) is 4.65. The highest BCUT2D eigenvalue weighted by Crippen LogP contribution is 2.66. The molecule has 2 unspecified atom stereocenters. The molecule has 0 spiro atoms. The Kier molecular flexibility index (Phi) is 7.34. The Morgan fingerprint density at radius 1 is 1.03 bits per heavy atom. The molecule has 3 saturated carbocycles. The summed E-state index contributed by atoms with van der Waals surface area (Å²) in [4.78, 5) is 25.6. The molecular formula is C32H45NO3. The Morgan fingerprint density at radius 2 is 1.83 bits per heavy atom. The van der Waals surface area contributed by atoms with E-state index < -0.39 is 0 Å². The normalized spacial score (nSPS) is 36.0. The molecule has 0 aromatic heterocycles. The number of ether oxygens (including phenoxy) is 1. The van der Waals surface area contributed by atoms with Crippen LogP contribution in [0.25, 0.3) is 0 Å². The first-order valence-corrected chi connectivity index (χ1v) is 14.5. The standard InChI is InChI=1S/C32H45NO3/c1-31-19-8-7-11-23(31)12-14-25-26-15-16-28(32(26,2)20-18-27(25)31)30(35)33-24(13-17-29(34)36-3)21-22-9-5-4-6-10-22/h4-6,9-10,16,23-27H,7-8,11-15,17-21H2,1-3H3,(H,33,35)/t23?,24?,25-,26-,27-,31-,32-/m0/s1. The molecule has 5 rings (SSSR count). The number of benzene rings is 1. The molecule has 7 atom stereocenters. The van der Waals surface area contributed by atoms with Crippen LogP contribution < -0.4 is 5.32 Å². The zero-order valence-electron chi connectivity index (χ0n) is 22.6. The van der Waals surface area contributed by atoms with Gasteiger partial charge in [-0.3, -0.25) is 9.59 Å². The zero-order chi connectivity index (χ0) is 25.3. The Bertz CT molecular complexity index is 986. The first kappa shape index (κ1) is 25.5. The van der Waals surface area contributed by atoms with Crippen LogP contribution in [0.1, 0.15) is 90.0 Å². The summed E-state index contributed by atoms with van der Waals surface area (Å²) in [7, 11) is 1.43. The number of rotatable bonds is 7. The highest BCUT2D eigenvalue weighted by atomic mass is 16.5. The Morgan fingerprint density at radius 3 is 2.61 bits per heavy atom. The van der Waals surface area contributed by atoms with Crippen LogP contribution in [-0.4, -0.2) is 25.0 Å². The van der Waals surface area contributed by atoms with Crippen molar-refractivity contribution in [3.05, 3.63) is 47.5 Å². The third-order valence-electron chi connectivity index (χ3n) is 11.0. The Hall–Kier alpha value is -2.10. The smallest absolute Gasteiger partial charge is 0.305 e. The number of nitrogens with one attached hydrogen (secondary N) is 1. The average Bonchev–Trinajstić information content (AvgIpc) is 3.24. The van der Waals surface area contributed by atoms with Crippen molar-refractivity contribution in [2.24, 2.45) is 34.5 Å². The fourth-order valence-corrected chi connectivity index (χ4v) is 9.00. The first-order chi connectivity index (χ1) is 17.3. The van der Waals surface area contributed by atoms with Crippen LogP contribution in [0.3, 0.4) is 0 Å². The molecule has 4 aliphatic carbocycles. The van der Waals surface area contributed by atoms with Gasteiger partial charge >= 0.3 is 5.97 Å². The van der Waals surface area contributed by atoms with Gasteiger partial charge in [0.15, 0.2) is 0 Å². The largest absolute Gasteiger partial charge is 0.469 e. The van der Waals surface area contributed by atoms with Crippen molar-refractivity contribution >= 4 is 11.9 Å². The summed E-state index contributed by atoms with van der Waals surface area (Å²) in [6.07, 6.45) is 15.8. The number of fused-ring (bicyclic) bond motifs is 5. The van der Waals surface area contributed by atoms with Gasteiger partial charge in [0.05, 0.1) is 7.11 Å². The molecular weight excluding hydrogens is 446 g/mol. The van der Waals surface area contributed by atoms with Crippen molar-refractivity contribution in [3.63, 3.8) is 0 Å². The molecule has 1 aromatic carbocycles. The lowest BCUT2D eigenvalue weighted by Gasteiger charge is -2.60. The summed E-state index contributed by atoms with van der Waals surface area (Å²) < 4.78 is 4.88. The van der Waals surface area contributed by atoms with E-state index in [0.717, 1.165) is 42.6 Å². The van der Waals surface area contributed by atoms with Crippen LogP contribution in [0.5, 0.6) is 0 Å². The molecule has 4 heteroatoms. The van der Waals surface area contributed by atoms with Gasteiger partial charge < -0.3 is 10.1 Å². The number of hydrogen-bond acceptors (Lipinski definition) is 3. The molecule has 0 heterocycles. The average molecular weight is 492 g/mol. The van der Waals surface area contributed by atoms with Gasteiger partial charge in [0, 0.05) is 23.5 Å². The number of carbonyl (C=O) groups is 2. The van der Waals surface area contributed by atoms with E-state index in [2.05, 4.69) is 37.4 Å². The van der Waals surface area contributed by atoms with Gasteiger partial charge in [-0.1, -0.05) is 63.1 Å². The molecule has 196 valence electrons. The van der Waals surface area contributed by atoms with Gasteiger partial charge in [-0.2, -0.15) is 0 Å². The topological polar surface area (TPSA) is 55.4 Å². The molecule has 4 aliphatic rings. The fourth-order valence-electron chi connectivity index (χ4n) is 9.00. The Labute approximate surface area is 217 Å². The lowest BCUT2D eigenvalue weighted by Crippen LogP contribution is -2.53. The summed E-state index contributed by atoms with van der Waals surface area (Å²) in [5.74, 6) is 2.96. The summed E-state index contributed by atoms with van der Waals surface area (Å²) in [6.45, 7) is 4.99. The van der Waals surface area contributed by atoms with Crippen molar-refractivity contribution in [3.8, 4) is 0 Å². The van der Waals surface area contributed by atoms with Gasteiger partial charge in [-0.05, 0) is 92.4 Å². The minimum atomic E-state index is -0.223. The molecule has 4 nitrogen and oxygen atoms in total. The van der Waals surface area contributed by atoms with Gasteiger partial charge in [0.1, 0.15) is 0 Å². The molecule has 36 heavy (non-hydrogen) atoms. The lowest BCUT2D eigenvalue weighted by molar-refractivity contribution is -0.141. The number of hydrogen-bond donors (Lipinski definition) is 1. The number of methoxy groups -OCH3 is 1. The van der Waals surface area contributed by atoms with E-state index in [1.165, 1.54) is 57.6 Å². The van der Waals surface area contributed by atoms with E-state index in [1.807, 2.05) is 18.2 Å². The molecule has 3 fully saturated rings. The van der Waals surface area contributed by atoms with Crippen LogP contribution in [0, 0.1) is 34.5 Å². The van der Waals surface area contributed by atoms with E-state index in [4.69, 9.17) is 4.74 Å². The maximum Gasteiger partial charge on any atom is 0.305 e. The van der Waals surface area contributed by atoms with E-state index >= 15 is 0 Å². The Balaban J connectivity index is 1.29. The molecule has 1 aromatic rings. The second kappa shape index (κ2) is 10.3. The minimum Gasteiger partial charge on any atom is -0.469 e. The van der Waals surface area contributed by atoms with E-state index in [9.17, 15) is 9.59 Å². The van der Waals surface area contributed by atoms with E-state index in [1.54, 1.807) is 0 Å². The lowest BCUT2D eigenvalue weighted by atomic mass is 9.45. The van der Waals surface area contributed by atoms with Crippen LogP contribution in [0.15, 0.2) is 42.0 Å². The van der Waals surface area contributed by atoms with Crippen molar-refractivity contribution in [1.29, 1.82) is 0 Å². The van der Waals surface area contributed by atoms with Crippen LogP contribution >= 0.6 is 0 Å². The molecule has 0 radical (unpaired) electrons. The SMILES string of the molecule is COC(=O)CCC(Cc1ccccc1)NC(=O)C1=CC[C@H]2[C@@H]3CCC4CCCC[C@]4(C)[C@H]3CC[C@]12C. The van der Waals surface area contributed by atoms with Gasteiger partial charge in [0.2, 0.25) is 5.91 Å². The number of allylic oxidation sites excluding steroid dienone is 1. The van der Waals surface area contributed by atoms with E-state index in [-0.39, 0.29) is 23.3 Å².